The van der Waals surface area contributed by atoms with E-state index >= 15 is 0 Å². The lowest BCUT2D eigenvalue weighted by Gasteiger charge is -2.15. The average Bonchev–Trinajstić information content (AvgIpc) is 2.53. The second-order valence-electron chi connectivity index (χ2n) is 4.41. The highest BCUT2D eigenvalue weighted by molar-refractivity contribution is 5.43. The molecule has 0 bridgehead atoms. The lowest BCUT2D eigenvalue weighted by Crippen LogP contribution is -2.10. The normalized spacial score (nSPS) is 11.8. The van der Waals surface area contributed by atoms with Gasteiger partial charge >= 0.3 is 0 Å². The van der Waals surface area contributed by atoms with E-state index in [1.54, 1.807) is 31.4 Å². The van der Waals surface area contributed by atoms with Crippen molar-refractivity contribution in [2.75, 3.05) is 20.8 Å². The first-order chi connectivity index (χ1) is 10.2. The van der Waals surface area contributed by atoms with Gasteiger partial charge in [0, 0.05) is 0 Å². The first-order valence-corrected chi connectivity index (χ1v) is 6.46. The third-order valence-corrected chi connectivity index (χ3v) is 3.05. The number of aliphatic hydroxyl groups excluding tert-OH is 1. The minimum absolute atomic E-state index is 0.0269. The van der Waals surface area contributed by atoms with Crippen LogP contribution < -0.4 is 14.2 Å². The Balaban J connectivity index is 2.06. The minimum Gasteiger partial charge on any atom is -0.504 e. The Morgan fingerprint density at radius 1 is 0.952 bits per heavy atom. The molecule has 5 heteroatoms. The zero-order valence-electron chi connectivity index (χ0n) is 11.9. The summed E-state index contributed by atoms with van der Waals surface area (Å²) >= 11 is 0. The number of rotatable bonds is 6. The fraction of sp³-hybridized carbons (Fsp3) is 0.250. The molecule has 0 aliphatic carbocycles. The van der Waals surface area contributed by atoms with E-state index in [4.69, 9.17) is 14.2 Å². The largest absolute Gasteiger partial charge is 0.504 e. The van der Waals surface area contributed by atoms with Crippen LogP contribution in [0.1, 0.15) is 11.7 Å². The summed E-state index contributed by atoms with van der Waals surface area (Å²) in [5, 5.41) is 19.7. The summed E-state index contributed by atoms with van der Waals surface area (Å²) in [5.41, 5.74) is 0.597. The van der Waals surface area contributed by atoms with Gasteiger partial charge in [0.15, 0.2) is 23.0 Å². The van der Waals surface area contributed by atoms with E-state index in [1.165, 1.54) is 13.2 Å². The number of phenols is 1. The highest BCUT2D eigenvalue weighted by Crippen LogP contribution is 2.30. The van der Waals surface area contributed by atoms with E-state index in [-0.39, 0.29) is 12.4 Å². The van der Waals surface area contributed by atoms with E-state index < -0.39 is 6.10 Å². The molecular weight excluding hydrogens is 272 g/mol. The fourth-order valence-corrected chi connectivity index (χ4v) is 1.90. The topological polar surface area (TPSA) is 68.2 Å². The Morgan fingerprint density at radius 2 is 1.62 bits per heavy atom. The predicted molar refractivity (Wildman–Crippen MR) is 78.1 cm³/mol. The standard InChI is InChI=1S/C16H18O5/c1-19-14-5-3-4-6-15(14)21-10-13(18)11-7-8-12(17)16(9-11)20-2/h3-9,13,17-18H,10H2,1-2H3. The van der Waals surface area contributed by atoms with Crippen molar-refractivity contribution in [2.24, 2.45) is 0 Å². The number of phenolic OH excluding ortho intramolecular Hbond substituents is 1. The van der Waals surface area contributed by atoms with Crippen LogP contribution in [-0.4, -0.2) is 31.0 Å². The highest BCUT2D eigenvalue weighted by Gasteiger charge is 2.13. The number of methoxy groups -OCH3 is 2. The number of benzene rings is 2. The fourth-order valence-electron chi connectivity index (χ4n) is 1.90. The van der Waals surface area contributed by atoms with Crippen molar-refractivity contribution in [3.05, 3.63) is 48.0 Å². The second kappa shape index (κ2) is 6.85. The van der Waals surface area contributed by atoms with Crippen LogP contribution in [0.15, 0.2) is 42.5 Å². The molecule has 0 spiro atoms. The van der Waals surface area contributed by atoms with Gasteiger partial charge in [0.05, 0.1) is 14.2 Å². The molecule has 0 aliphatic rings. The van der Waals surface area contributed by atoms with Gasteiger partial charge in [0.1, 0.15) is 12.7 Å². The summed E-state index contributed by atoms with van der Waals surface area (Å²) in [4.78, 5) is 0. The van der Waals surface area contributed by atoms with Crippen molar-refractivity contribution in [1.29, 1.82) is 0 Å². The Labute approximate surface area is 123 Å². The molecule has 1 atom stereocenters. The molecule has 5 nitrogen and oxygen atoms in total. The average molecular weight is 290 g/mol. The van der Waals surface area contributed by atoms with Gasteiger partial charge in [-0.05, 0) is 29.8 Å². The Morgan fingerprint density at radius 3 is 2.29 bits per heavy atom. The molecule has 0 fully saturated rings. The first-order valence-electron chi connectivity index (χ1n) is 6.46. The third-order valence-electron chi connectivity index (χ3n) is 3.05. The van der Waals surface area contributed by atoms with E-state index in [0.717, 1.165) is 0 Å². The van der Waals surface area contributed by atoms with Crippen LogP contribution in [0, 0.1) is 0 Å². The zero-order valence-corrected chi connectivity index (χ0v) is 11.9. The van der Waals surface area contributed by atoms with Crippen LogP contribution in [0.3, 0.4) is 0 Å². The molecule has 1 unspecified atom stereocenters. The van der Waals surface area contributed by atoms with Crippen molar-refractivity contribution in [3.63, 3.8) is 0 Å². The van der Waals surface area contributed by atoms with Gasteiger partial charge in [-0.25, -0.2) is 0 Å². The minimum atomic E-state index is -0.843. The molecule has 0 radical (unpaired) electrons. The van der Waals surface area contributed by atoms with Crippen molar-refractivity contribution >= 4 is 0 Å². The van der Waals surface area contributed by atoms with Crippen LogP contribution >= 0.6 is 0 Å². The van der Waals surface area contributed by atoms with Crippen LogP contribution in [0.25, 0.3) is 0 Å². The van der Waals surface area contributed by atoms with Gasteiger partial charge in [-0.1, -0.05) is 18.2 Å². The van der Waals surface area contributed by atoms with Crippen LogP contribution in [-0.2, 0) is 0 Å². The number of hydrogen-bond donors (Lipinski definition) is 2. The predicted octanol–water partition coefficient (Wildman–Crippen LogP) is 2.52. The third kappa shape index (κ3) is 3.58. The summed E-state index contributed by atoms with van der Waals surface area (Å²) in [6.45, 7) is 0.0638. The molecule has 2 N–H and O–H groups in total. The van der Waals surface area contributed by atoms with Crippen molar-refractivity contribution < 1.29 is 24.4 Å². The van der Waals surface area contributed by atoms with Gasteiger partial charge in [-0.2, -0.15) is 0 Å². The van der Waals surface area contributed by atoms with Crippen molar-refractivity contribution in [2.45, 2.75) is 6.10 Å². The van der Waals surface area contributed by atoms with E-state index in [0.29, 0.717) is 22.8 Å². The van der Waals surface area contributed by atoms with Crippen LogP contribution in [0.5, 0.6) is 23.0 Å². The molecular formula is C16H18O5. The van der Waals surface area contributed by atoms with Crippen LogP contribution in [0.4, 0.5) is 0 Å². The maximum Gasteiger partial charge on any atom is 0.161 e. The van der Waals surface area contributed by atoms with Gasteiger partial charge in [0.2, 0.25) is 0 Å². The molecule has 0 amide bonds. The molecule has 2 aromatic rings. The first kappa shape index (κ1) is 15.0. The highest BCUT2D eigenvalue weighted by atomic mass is 16.5. The monoisotopic (exact) mass is 290 g/mol. The lowest BCUT2D eigenvalue weighted by atomic mass is 10.1. The van der Waals surface area contributed by atoms with Gasteiger partial charge in [-0.3, -0.25) is 0 Å². The molecule has 0 saturated carbocycles. The summed E-state index contributed by atoms with van der Waals surface area (Å²) in [6, 6.07) is 11.9. The van der Waals surface area contributed by atoms with Crippen LogP contribution in [0.2, 0.25) is 0 Å². The molecule has 0 heterocycles. The van der Waals surface area contributed by atoms with E-state index in [9.17, 15) is 10.2 Å². The number of hydrogen-bond acceptors (Lipinski definition) is 5. The quantitative estimate of drug-likeness (QED) is 0.855. The zero-order chi connectivity index (χ0) is 15.2. The Kier molecular flexibility index (Phi) is 4.90. The number of aliphatic hydroxyl groups is 1. The van der Waals surface area contributed by atoms with Gasteiger partial charge in [-0.15, -0.1) is 0 Å². The lowest BCUT2D eigenvalue weighted by molar-refractivity contribution is 0.106. The van der Waals surface area contributed by atoms with Crippen molar-refractivity contribution in [3.8, 4) is 23.0 Å². The summed E-state index contributed by atoms with van der Waals surface area (Å²) in [6.07, 6.45) is -0.843. The molecule has 0 saturated heterocycles. The maximum absolute atomic E-state index is 10.2. The summed E-state index contributed by atoms with van der Waals surface area (Å²) < 4.78 is 15.8. The van der Waals surface area contributed by atoms with E-state index in [1.807, 2.05) is 12.1 Å². The van der Waals surface area contributed by atoms with E-state index in [2.05, 4.69) is 0 Å². The second-order valence-corrected chi connectivity index (χ2v) is 4.41. The van der Waals surface area contributed by atoms with Gasteiger partial charge < -0.3 is 24.4 Å². The number of para-hydroxylation sites is 2. The molecule has 2 rings (SSSR count). The summed E-state index contributed by atoms with van der Waals surface area (Å²) in [7, 11) is 3.01. The van der Waals surface area contributed by atoms with Crippen molar-refractivity contribution in [1.82, 2.24) is 0 Å². The molecule has 21 heavy (non-hydrogen) atoms. The molecule has 2 aromatic carbocycles. The maximum atomic E-state index is 10.2. The van der Waals surface area contributed by atoms with Gasteiger partial charge in [0.25, 0.3) is 0 Å². The Bertz CT molecular complexity index is 597. The SMILES string of the molecule is COc1cc(C(O)COc2ccccc2OC)ccc1O. The number of ether oxygens (including phenoxy) is 3. The Hall–Kier alpha value is -2.40. The summed E-state index contributed by atoms with van der Waals surface area (Å²) in [5.74, 6) is 1.50. The smallest absolute Gasteiger partial charge is 0.161 e. The molecule has 112 valence electrons. The molecule has 0 aliphatic heterocycles. The number of aromatic hydroxyl groups is 1. The molecule has 0 aromatic heterocycles.